The normalized spacial score (nSPS) is 19.0. The summed E-state index contributed by atoms with van der Waals surface area (Å²) in [6.45, 7) is 3.95. The maximum absolute atomic E-state index is 9.07. The maximum Gasteiger partial charge on any atom is 0.225 e. The predicted octanol–water partition coefficient (Wildman–Crippen LogP) is 0.647. The van der Waals surface area contributed by atoms with E-state index in [4.69, 9.17) is 21.3 Å². The van der Waals surface area contributed by atoms with Crippen molar-refractivity contribution in [2.24, 2.45) is 11.5 Å². The SMILES string of the molecule is N/C=C/C(OCCCN1CCCC1)=C(\N)O. The minimum absolute atomic E-state index is 0.240. The summed E-state index contributed by atoms with van der Waals surface area (Å²) in [5.41, 5.74) is 10.4. The van der Waals surface area contributed by atoms with Crippen molar-refractivity contribution in [1.29, 1.82) is 0 Å². The third-order valence-electron chi connectivity index (χ3n) is 2.57. The fourth-order valence-electron chi connectivity index (χ4n) is 1.77. The predicted molar refractivity (Wildman–Crippen MR) is 63.4 cm³/mol. The summed E-state index contributed by atoms with van der Waals surface area (Å²) in [6.07, 6.45) is 6.26. The first kappa shape index (κ1) is 12.7. The first-order valence-electron chi connectivity index (χ1n) is 5.66. The molecule has 0 aromatic rings. The molecular weight excluding hydrogens is 206 g/mol. The van der Waals surface area contributed by atoms with E-state index < -0.39 is 0 Å². The highest BCUT2D eigenvalue weighted by atomic mass is 16.5. The maximum atomic E-state index is 9.07. The highest BCUT2D eigenvalue weighted by molar-refractivity contribution is 5.12. The number of allylic oxidation sites excluding steroid dienone is 1. The van der Waals surface area contributed by atoms with E-state index >= 15 is 0 Å². The molecule has 0 atom stereocenters. The van der Waals surface area contributed by atoms with Crippen LogP contribution in [0.1, 0.15) is 19.3 Å². The van der Waals surface area contributed by atoms with Gasteiger partial charge in [0.2, 0.25) is 5.88 Å². The molecule has 5 N–H and O–H groups in total. The minimum Gasteiger partial charge on any atom is -0.492 e. The molecule has 1 rings (SSSR count). The van der Waals surface area contributed by atoms with Crippen molar-refractivity contribution in [3.63, 3.8) is 0 Å². The molecule has 0 bridgehead atoms. The van der Waals surface area contributed by atoms with Crippen LogP contribution in [-0.2, 0) is 4.74 Å². The van der Waals surface area contributed by atoms with Gasteiger partial charge in [0, 0.05) is 12.6 Å². The van der Waals surface area contributed by atoms with Crippen molar-refractivity contribution in [3.05, 3.63) is 23.9 Å². The van der Waals surface area contributed by atoms with E-state index in [0.717, 1.165) is 13.0 Å². The summed E-state index contributed by atoms with van der Waals surface area (Å²) in [5.74, 6) is -0.0909. The lowest BCUT2D eigenvalue weighted by Crippen LogP contribution is -2.21. The Kier molecular flexibility index (Phi) is 5.56. The number of rotatable bonds is 6. The van der Waals surface area contributed by atoms with Gasteiger partial charge in [-0.15, -0.1) is 0 Å². The van der Waals surface area contributed by atoms with Crippen LogP contribution in [0.5, 0.6) is 0 Å². The summed E-state index contributed by atoms with van der Waals surface area (Å²) < 4.78 is 5.31. The average molecular weight is 227 g/mol. The molecule has 1 saturated heterocycles. The van der Waals surface area contributed by atoms with E-state index in [-0.39, 0.29) is 11.6 Å². The third kappa shape index (κ3) is 4.44. The van der Waals surface area contributed by atoms with E-state index in [1.54, 1.807) is 0 Å². The second kappa shape index (κ2) is 7.00. The fourth-order valence-corrected chi connectivity index (χ4v) is 1.77. The van der Waals surface area contributed by atoms with Gasteiger partial charge >= 0.3 is 0 Å². The number of likely N-dealkylation sites (tertiary alicyclic amines) is 1. The first-order chi connectivity index (χ1) is 7.74. The van der Waals surface area contributed by atoms with Crippen LogP contribution in [0.25, 0.3) is 0 Å². The summed E-state index contributed by atoms with van der Waals surface area (Å²) in [6, 6.07) is 0. The molecule has 0 spiro atoms. The van der Waals surface area contributed by atoms with Crippen LogP contribution >= 0.6 is 0 Å². The molecule has 1 aliphatic heterocycles. The van der Waals surface area contributed by atoms with Crippen molar-refractivity contribution in [2.45, 2.75) is 19.3 Å². The summed E-state index contributed by atoms with van der Waals surface area (Å²) in [5, 5.41) is 9.07. The lowest BCUT2D eigenvalue weighted by molar-refractivity contribution is 0.184. The number of nitrogens with two attached hydrogens (primary N) is 2. The molecule has 5 heteroatoms. The topological polar surface area (TPSA) is 84.7 Å². The zero-order valence-electron chi connectivity index (χ0n) is 9.56. The molecule has 1 aliphatic rings. The van der Waals surface area contributed by atoms with E-state index in [2.05, 4.69) is 4.90 Å². The van der Waals surface area contributed by atoms with Crippen LogP contribution in [0.15, 0.2) is 23.9 Å². The highest BCUT2D eigenvalue weighted by Gasteiger charge is 2.10. The van der Waals surface area contributed by atoms with E-state index in [0.29, 0.717) is 6.61 Å². The first-order valence-corrected chi connectivity index (χ1v) is 5.66. The lowest BCUT2D eigenvalue weighted by atomic mass is 10.4. The Morgan fingerprint density at radius 3 is 2.62 bits per heavy atom. The van der Waals surface area contributed by atoms with E-state index in [1.165, 1.54) is 38.2 Å². The van der Waals surface area contributed by atoms with Gasteiger partial charge in [0.25, 0.3) is 0 Å². The standard InChI is InChI=1S/C11H21N3O2/c12-5-4-10(11(13)15)16-9-3-8-14-6-1-2-7-14/h4-5,15H,1-3,6-9,12-13H2/b5-4+,11-10-. The Morgan fingerprint density at radius 1 is 1.38 bits per heavy atom. The van der Waals surface area contributed by atoms with Gasteiger partial charge < -0.3 is 26.2 Å². The van der Waals surface area contributed by atoms with Gasteiger partial charge in [-0.3, -0.25) is 0 Å². The second-order valence-corrected chi connectivity index (χ2v) is 3.86. The Hall–Kier alpha value is -1.36. The zero-order valence-corrected chi connectivity index (χ0v) is 9.56. The minimum atomic E-state index is -0.331. The molecule has 0 aromatic carbocycles. The van der Waals surface area contributed by atoms with Gasteiger partial charge in [0.1, 0.15) is 0 Å². The van der Waals surface area contributed by atoms with Crippen molar-refractivity contribution >= 4 is 0 Å². The number of aliphatic hydroxyl groups excluding tert-OH is 1. The number of hydrogen-bond donors (Lipinski definition) is 3. The van der Waals surface area contributed by atoms with Gasteiger partial charge in [0.15, 0.2) is 5.76 Å². The van der Waals surface area contributed by atoms with Crippen molar-refractivity contribution in [3.8, 4) is 0 Å². The van der Waals surface area contributed by atoms with E-state index in [9.17, 15) is 0 Å². The van der Waals surface area contributed by atoms with E-state index in [1.807, 2.05) is 0 Å². The number of ether oxygens (including phenoxy) is 1. The number of hydrogen-bond acceptors (Lipinski definition) is 5. The summed E-state index contributed by atoms with van der Waals surface area (Å²) in [4.78, 5) is 2.41. The number of nitrogens with zero attached hydrogens (tertiary/aromatic N) is 1. The van der Waals surface area contributed by atoms with Crippen LogP contribution in [-0.4, -0.2) is 36.2 Å². The highest BCUT2D eigenvalue weighted by Crippen LogP contribution is 2.08. The molecule has 0 aromatic heterocycles. The molecule has 1 fully saturated rings. The Balaban J connectivity index is 2.15. The molecule has 92 valence electrons. The van der Waals surface area contributed by atoms with Gasteiger partial charge in [0.05, 0.1) is 6.61 Å². The molecule has 0 saturated carbocycles. The largest absolute Gasteiger partial charge is 0.492 e. The van der Waals surface area contributed by atoms with Crippen LogP contribution in [0, 0.1) is 0 Å². The van der Waals surface area contributed by atoms with Gasteiger partial charge in [-0.2, -0.15) is 0 Å². The van der Waals surface area contributed by atoms with Gasteiger partial charge in [-0.05, 0) is 38.6 Å². The quantitative estimate of drug-likeness (QED) is 0.352. The molecule has 0 amide bonds. The van der Waals surface area contributed by atoms with Gasteiger partial charge in [-0.25, -0.2) is 0 Å². The molecule has 0 aliphatic carbocycles. The monoisotopic (exact) mass is 227 g/mol. The van der Waals surface area contributed by atoms with Crippen molar-refractivity contribution in [2.75, 3.05) is 26.2 Å². The van der Waals surface area contributed by atoms with Crippen LogP contribution < -0.4 is 11.5 Å². The Labute approximate surface area is 96.4 Å². The Morgan fingerprint density at radius 2 is 2.06 bits per heavy atom. The summed E-state index contributed by atoms with van der Waals surface area (Å²) in [7, 11) is 0. The molecule has 1 heterocycles. The Bertz CT molecular complexity index is 254. The molecule has 16 heavy (non-hydrogen) atoms. The second-order valence-electron chi connectivity index (χ2n) is 3.86. The van der Waals surface area contributed by atoms with Crippen molar-refractivity contribution in [1.82, 2.24) is 4.90 Å². The van der Waals surface area contributed by atoms with Crippen molar-refractivity contribution < 1.29 is 9.84 Å². The van der Waals surface area contributed by atoms with Crippen LogP contribution in [0.3, 0.4) is 0 Å². The molecular formula is C11H21N3O2. The molecule has 0 unspecified atom stereocenters. The summed E-state index contributed by atoms with van der Waals surface area (Å²) >= 11 is 0. The van der Waals surface area contributed by atoms with Crippen LogP contribution in [0.2, 0.25) is 0 Å². The smallest absolute Gasteiger partial charge is 0.225 e. The average Bonchev–Trinajstić information content (AvgIpc) is 2.75. The van der Waals surface area contributed by atoms with Crippen LogP contribution in [0.4, 0.5) is 0 Å². The zero-order chi connectivity index (χ0) is 11.8. The molecule has 5 nitrogen and oxygen atoms in total. The fraction of sp³-hybridized carbons (Fsp3) is 0.636. The lowest BCUT2D eigenvalue weighted by Gasteiger charge is -2.14. The van der Waals surface area contributed by atoms with Gasteiger partial charge in [-0.1, -0.05) is 0 Å². The molecule has 0 radical (unpaired) electrons. The number of aliphatic hydroxyl groups is 1. The third-order valence-corrected chi connectivity index (χ3v) is 2.57.